The van der Waals surface area contributed by atoms with E-state index in [1.54, 1.807) is 0 Å². The summed E-state index contributed by atoms with van der Waals surface area (Å²) in [5.74, 6) is 0.795. The Bertz CT molecular complexity index is 500. The van der Waals surface area contributed by atoms with Crippen LogP contribution in [0.25, 0.3) is 0 Å². The van der Waals surface area contributed by atoms with Crippen molar-refractivity contribution in [3.63, 3.8) is 0 Å². The van der Waals surface area contributed by atoms with E-state index in [1.165, 1.54) is 11.1 Å². The SMILES string of the molecule is CCc1ccc(OCC(O)c2ccc(C)cc2)cc1. The first-order valence-corrected chi connectivity index (χ1v) is 6.65. The molecule has 1 unspecified atom stereocenters. The predicted octanol–water partition coefficient (Wildman–Crippen LogP) is 3.67. The molecule has 1 N–H and O–H groups in total. The van der Waals surface area contributed by atoms with Crippen LogP contribution in [-0.2, 0) is 6.42 Å². The fourth-order valence-corrected chi connectivity index (χ4v) is 1.88. The zero-order valence-electron chi connectivity index (χ0n) is 11.5. The predicted molar refractivity (Wildman–Crippen MR) is 77.5 cm³/mol. The Labute approximate surface area is 114 Å². The van der Waals surface area contributed by atoms with Gasteiger partial charge in [0.1, 0.15) is 18.5 Å². The fraction of sp³-hybridized carbons (Fsp3) is 0.294. The van der Waals surface area contributed by atoms with Crippen molar-refractivity contribution >= 4 is 0 Å². The van der Waals surface area contributed by atoms with Gasteiger partial charge in [-0.2, -0.15) is 0 Å². The van der Waals surface area contributed by atoms with E-state index >= 15 is 0 Å². The van der Waals surface area contributed by atoms with Crippen LogP contribution in [0, 0.1) is 6.92 Å². The van der Waals surface area contributed by atoms with Gasteiger partial charge in [-0.25, -0.2) is 0 Å². The van der Waals surface area contributed by atoms with Gasteiger partial charge in [0.15, 0.2) is 0 Å². The van der Waals surface area contributed by atoms with Gasteiger partial charge in [-0.3, -0.25) is 0 Å². The molecular weight excluding hydrogens is 236 g/mol. The molecule has 0 fully saturated rings. The third kappa shape index (κ3) is 3.83. The molecule has 19 heavy (non-hydrogen) atoms. The first-order chi connectivity index (χ1) is 9.19. The lowest BCUT2D eigenvalue weighted by Gasteiger charge is -2.13. The van der Waals surface area contributed by atoms with E-state index in [-0.39, 0.29) is 6.61 Å². The summed E-state index contributed by atoms with van der Waals surface area (Å²) < 4.78 is 5.60. The third-order valence-electron chi connectivity index (χ3n) is 3.20. The Morgan fingerprint density at radius 1 is 1.00 bits per heavy atom. The van der Waals surface area contributed by atoms with Crippen LogP contribution in [0.1, 0.15) is 29.7 Å². The van der Waals surface area contributed by atoms with Crippen molar-refractivity contribution in [2.24, 2.45) is 0 Å². The van der Waals surface area contributed by atoms with Gasteiger partial charge in [-0.15, -0.1) is 0 Å². The average molecular weight is 256 g/mol. The van der Waals surface area contributed by atoms with Gasteiger partial charge in [0.25, 0.3) is 0 Å². The van der Waals surface area contributed by atoms with Crippen molar-refractivity contribution in [2.75, 3.05) is 6.61 Å². The highest BCUT2D eigenvalue weighted by molar-refractivity contribution is 5.28. The quantitative estimate of drug-likeness (QED) is 0.884. The fourth-order valence-electron chi connectivity index (χ4n) is 1.88. The molecule has 0 aliphatic heterocycles. The zero-order chi connectivity index (χ0) is 13.7. The van der Waals surface area contributed by atoms with Gasteiger partial charge in [0, 0.05) is 0 Å². The molecule has 2 rings (SSSR count). The summed E-state index contributed by atoms with van der Waals surface area (Å²) >= 11 is 0. The minimum Gasteiger partial charge on any atom is -0.491 e. The van der Waals surface area contributed by atoms with Crippen LogP contribution >= 0.6 is 0 Å². The van der Waals surface area contributed by atoms with Crippen molar-refractivity contribution in [2.45, 2.75) is 26.4 Å². The van der Waals surface area contributed by atoms with Crippen molar-refractivity contribution < 1.29 is 9.84 Å². The van der Waals surface area contributed by atoms with E-state index in [9.17, 15) is 5.11 Å². The van der Waals surface area contributed by atoms with E-state index in [0.717, 1.165) is 17.7 Å². The molecule has 0 radical (unpaired) electrons. The first kappa shape index (κ1) is 13.6. The molecule has 0 aromatic heterocycles. The Kier molecular flexibility index (Phi) is 4.58. The van der Waals surface area contributed by atoms with E-state index in [1.807, 2.05) is 55.5 Å². The molecule has 0 aliphatic carbocycles. The summed E-state index contributed by atoms with van der Waals surface area (Å²) in [4.78, 5) is 0. The van der Waals surface area contributed by atoms with Crippen LogP contribution in [0.5, 0.6) is 5.75 Å². The maximum atomic E-state index is 10.0. The van der Waals surface area contributed by atoms with Crippen molar-refractivity contribution in [1.82, 2.24) is 0 Å². The second kappa shape index (κ2) is 6.39. The molecule has 0 saturated heterocycles. The van der Waals surface area contributed by atoms with Gasteiger partial charge in [-0.1, -0.05) is 48.9 Å². The van der Waals surface area contributed by atoms with Crippen LogP contribution < -0.4 is 4.74 Å². The van der Waals surface area contributed by atoms with Crippen molar-refractivity contribution in [1.29, 1.82) is 0 Å². The number of ether oxygens (including phenoxy) is 1. The summed E-state index contributed by atoms with van der Waals surface area (Å²) in [6.45, 7) is 4.42. The Hall–Kier alpha value is -1.80. The zero-order valence-corrected chi connectivity index (χ0v) is 11.5. The van der Waals surface area contributed by atoms with Crippen molar-refractivity contribution in [3.8, 4) is 5.75 Å². The molecule has 0 saturated carbocycles. The maximum Gasteiger partial charge on any atom is 0.119 e. The lowest BCUT2D eigenvalue weighted by atomic mass is 10.1. The van der Waals surface area contributed by atoms with Crippen LogP contribution in [0.3, 0.4) is 0 Å². The van der Waals surface area contributed by atoms with E-state index in [4.69, 9.17) is 4.74 Å². The number of benzene rings is 2. The smallest absolute Gasteiger partial charge is 0.119 e. The highest BCUT2D eigenvalue weighted by Gasteiger charge is 2.08. The molecule has 2 aromatic rings. The molecule has 100 valence electrons. The minimum atomic E-state index is -0.591. The number of rotatable bonds is 5. The summed E-state index contributed by atoms with van der Waals surface area (Å²) in [5, 5.41) is 10.0. The van der Waals surface area contributed by atoms with E-state index < -0.39 is 6.10 Å². The Morgan fingerprint density at radius 3 is 2.21 bits per heavy atom. The standard InChI is InChI=1S/C17H20O2/c1-3-14-6-10-16(11-7-14)19-12-17(18)15-8-4-13(2)5-9-15/h4-11,17-18H,3,12H2,1-2H3. The van der Waals surface area contributed by atoms with E-state index in [2.05, 4.69) is 6.92 Å². The molecule has 0 amide bonds. The first-order valence-electron chi connectivity index (χ1n) is 6.65. The molecule has 0 bridgehead atoms. The Balaban J connectivity index is 1.92. The second-order valence-corrected chi connectivity index (χ2v) is 4.73. The highest BCUT2D eigenvalue weighted by Crippen LogP contribution is 2.17. The maximum absolute atomic E-state index is 10.0. The van der Waals surface area contributed by atoms with Crippen LogP contribution in [0.2, 0.25) is 0 Å². The number of hydrogen-bond acceptors (Lipinski definition) is 2. The van der Waals surface area contributed by atoms with Crippen LogP contribution in [-0.4, -0.2) is 11.7 Å². The molecule has 0 aliphatic rings. The molecule has 0 heterocycles. The van der Waals surface area contributed by atoms with Gasteiger partial charge in [-0.05, 0) is 36.6 Å². The van der Waals surface area contributed by atoms with Gasteiger partial charge in [0.05, 0.1) is 0 Å². The third-order valence-corrected chi connectivity index (χ3v) is 3.20. The molecular formula is C17H20O2. The van der Waals surface area contributed by atoms with Crippen LogP contribution in [0.15, 0.2) is 48.5 Å². The van der Waals surface area contributed by atoms with Gasteiger partial charge < -0.3 is 9.84 Å². The average Bonchev–Trinajstić information content (AvgIpc) is 2.46. The Morgan fingerprint density at radius 2 is 1.63 bits per heavy atom. The second-order valence-electron chi connectivity index (χ2n) is 4.73. The lowest BCUT2D eigenvalue weighted by molar-refractivity contribution is 0.108. The number of aliphatic hydroxyl groups excluding tert-OH is 1. The summed E-state index contributed by atoms with van der Waals surface area (Å²) in [6, 6.07) is 15.8. The minimum absolute atomic E-state index is 0.272. The molecule has 2 heteroatoms. The topological polar surface area (TPSA) is 29.5 Å². The molecule has 2 nitrogen and oxygen atoms in total. The van der Waals surface area contributed by atoms with Crippen molar-refractivity contribution in [3.05, 3.63) is 65.2 Å². The summed E-state index contributed by atoms with van der Waals surface area (Å²) in [5.41, 5.74) is 3.36. The monoisotopic (exact) mass is 256 g/mol. The van der Waals surface area contributed by atoms with E-state index in [0.29, 0.717) is 0 Å². The summed E-state index contributed by atoms with van der Waals surface area (Å²) in [6.07, 6.45) is 0.429. The number of aryl methyl sites for hydroxylation is 2. The normalized spacial score (nSPS) is 12.2. The van der Waals surface area contributed by atoms with Gasteiger partial charge >= 0.3 is 0 Å². The lowest BCUT2D eigenvalue weighted by Crippen LogP contribution is -2.09. The number of aliphatic hydroxyl groups is 1. The largest absolute Gasteiger partial charge is 0.491 e. The number of hydrogen-bond donors (Lipinski definition) is 1. The molecule has 2 aromatic carbocycles. The molecule has 0 spiro atoms. The molecule has 1 atom stereocenters. The van der Waals surface area contributed by atoms with Gasteiger partial charge in [0.2, 0.25) is 0 Å². The summed E-state index contributed by atoms with van der Waals surface area (Å²) in [7, 11) is 0. The highest BCUT2D eigenvalue weighted by atomic mass is 16.5. The van der Waals surface area contributed by atoms with Crippen LogP contribution in [0.4, 0.5) is 0 Å².